The molecule has 1 saturated heterocycles. The monoisotopic (exact) mass is 424 g/mol. The number of amides is 1. The standard InChI is InChI=1S/C24H25FN2O4/c25-19-6-8-20(9-7-19)30-17-21-10-11-23(31-21)24(28)26-22(18-4-2-1-3-5-18)16-27-12-14-29-15-13-27/h1-11,22H,12-17H2,(H,26,28). The number of ether oxygens (including phenoxy) is 2. The summed E-state index contributed by atoms with van der Waals surface area (Å²) in [6, 6.07) is 18.8. The topological polar surface area (TPSA) is 63.9 Å². The second-order valence-electron chi connectivity index (χ2n) is 7.36. The van der Waals surface area contributed by atoms with Gasteiger partial charge in [0.25, 0.3) is 5.91 Å². The average Bonchev–Trinajstić information content (AvgIpc) is 3.29. The molecule has 162 valence electrons. The Morgan fingerprint density at radius 2 is 1.77 bits per heavy atom. The minimum atomic E-state index is -0.325. The van der Waals surface area contributed by atoms with E-state index in [0.717, 1.165) is 18.7 Å². The summed E-state index contributed by atoms with van der Waals surface area (Å²) in [5.74, 6) is 0.655. The normalized spacial score (nSPS) is 15.4. The lowest BCUT2D eigenvalue weighted by Crippen LogP contribution is -2.43. The average molecular weight is 424 g/mol. The highest BCUT2D eigenvalue weighted by Crippen LogP contribution is 2.18. The van der Waals surface area contributed by atoms with Crippen molar-refractivity contribution in [3.8, 4) is 5.75 Å². The Kier molecular flexibility index (Phi) is 6.96. The van der Waals surface area contributed by atoms with Crippen LogP contribution in [0.2, 0.25) is 0 Å². The van der Waals surface area contributed by atoms with Gasteiger partial charge in [0.05, 0.1) is 19.3 Å². The molecule has 6 nitrogen and oxygen atoms in total. The molecular formula is C24H25FN2O4. The van der Waals surface area contributed by atoms with Gasteiger partial charge in [-0.2, -0.15) is 0 Å². The molecule has 31 heavy (non-hydrogen) atoms. The Bertz CT molecular complexity index is 969. The maximum Gasteiger partial charge on any atom is 0.287 e. The van der Waals surface area contributed by atoms with E-state index in [1.54, 1.807) is 24.3 Å². The van der Waals surface area contributed by atoms with Crippen molar-refractivity contribution < 1.29 is 23.1 Å². The molecule has 1 fully saturated rings. The fourth-order valence-electron chi connectivity index (χ4n) is 3.45. The maximum atomic E-state index is 13.0. The Morgan fingerprint density at radius 1 is 1.03 bits per heavy atom. The number of benzene rings is 2. The lowest BCUT2D eigenvalue weighted by molar-refractivity contribution is 0.0331. The van der Waals surface area contributed by atoms with Crippen molar-refractivity contribution >= 4 is 5.91 Å². The van der Waals surface area contributed by atoms with Crippen LogP contribution in [0.5, 0.6) is 5.75 Å². The minimum Gasteiger partial charge on any atom is -0.486 e. The van der Waals surface area contributed by atoms with Crippen molar-refractivity contribution in [3.63, 3.8) is 0 Å². The van der Waals surface area contributed by atoms with Crippen LogP contribution in [0, 0.1) is 5.82 Å². The fraction of sp³-hybridized carbons (Fsp3) is 0.292. The molecule has 0 aliphatic carbocycles. The van der Waals surface area contributed by atoms with Gasteiger partial charge < -0.3 is 19.2 Å². The van der Waals surface area contributed by atoms with E-state index in [1.165, 1.54) is 12.1 Å². The summed E-state index contributed by atoms with van der Waals surface area (Å²) in [5, 5.41) is 3.09. The molecule has 4 rings (SSSR count). The number of carbonyl (C=O) groups excluding carboxylic acids is 1. The van der Waals surface area contributed by atoms with E-state index < -0.39 is 0 Å². The molecule has 1 aromatic heterocycles. The molecule has 0 spiro atoms. The van der Waals surface area contributed by atoms with E-state index in [4.69, 9.17) is 13.9 Å². The first-order chi connectivity index (χ1) is 15.2. The molecule has 2 aromatic carbocycles. The minimum absolute atomic E-state index is 0.148. The molecule has 1 amide bonds. The molecule has 1 atom stereocenters. The number of hydrogen-bond acceptors (Lipinski definition) is 5. The van der Waals surface area contributed by atoms with Gasteiger partial charge in [-0.1, -0.05) is 30.3 Å². The van der Waals surface area contributed by atoms with Gasteiger partial charge in [-0.05, 0) is 42.0 Å². The summed E-state index contributed by atoms with van der Waals surface area (Å²) in [5.41, 5.74) is 1.04. The fourth-order valence-corrected chi connectivity index (χ4v) is 3.45. The Labute approximate surface area is 180 Å². The van der Waals surface area contributed by atoms with Gasteiger partial charge in [0.2, 0.25) is 0 Å². The molecule has 7 heteroatoms. The van der Waals surface area contributed by atoms with Crippen molar-refractivity contribution in [1.29, 1.82) is 0 Å². The number of nitrogens with zero attached hydrogens (tertiary/aromatic N) is 1. The van der Waals surface area contributed by atoms with Gasteiger partial charge in [-0.25, -0.2) is 4.39 Å². The number of furan rings is 1. The van der Waals surface area contributed by atoms with Gasteiger partial charge in [0.15, 0.2) is 5.76 Å². The first kappa shape index (κ1) is 21.1. The second kappa shape index (κ2) is 10.2. The molecule has 1 unspecified atom stereocenters. The summed E-state index contributed by atoms with van der Waals surface area (Å²) >= 11 is 0. The summed E-state index contributed by atoms with van der Waals surface area (Å²) in [6.45, 7) is 3.92. The number of carbonyl (C=O) groups is 1. The molecule has 0 bridgehead atoms. The molecule has 1 aliphatic rings. The first-order valence-electron chi connectivity index (χ1n) is 10.3. The van der Waals surface area contributed by atoms with Crippen LogP contribution in [0.1, 0.15) is 27.9 Å². The summed E-state index contributed by atoms with van der Waals surface area (Å²) in [4.78, 5) is 15.1. The highest BCUT2D eigenvalue weighted by molar-refractivity contribution is 5.91. The van der Waals surface area contributed by atoms with Crippen molar-refractivity contribution in [3.05, 3.63) is 89.6 Å². The van der Waals surface area contributed by atoms with E-state index in [-0.39, 0.29) is 30.1 Å². The molecule has 1 N–H and O–H groups in total. The lowest BCUT2D eigenvalue weighted by atomic mass is 10.1. The Hall–Kier alpha value is -3.16. The highest BCUT2D eigenvalue weighted by Gasteiger charge is 2.22. The van der Waals surface area contributed by atoms with E-state index >= 15 is 0 Å². The first-order valence-corrected chi connectivity index (χ1v) is 10.3. The predicted molar refractivity (Wildman–Crippen MR) is 113 cm³/mol. The predicted octanol–water partition coefficient (Wildman–Crippen LogP) is 3.80. The van der Waals surface area contributed by atoms with E-state index in [1.807, 2.05) is 30.3 Å². The third kappa shape index (κ3) is 5.93. The lowest BCUT2D eigenvalue weighted by Gasteiger charge is -2.31. The number of hydrogen-bond donors (Lipinski definition) is 1. The van der Waals surface area contributed by atoms with Crippen LogP contribution in [0.15, 0.2) is 71.1 Å². The third-order valence-corrected chi connectivity index (χ3v) is 5.13. The van der Waals surface area contributed by atoms with Crippen LogP contribution in [0.3, 0.4) is 0 Å². The highest BCUT2D eigenvalue weighted by atomic mass is 19.1. The van der Waals surface area contributed by atoms with Crippen molar-refractivity contribution in [2.45, 2.75) is 12.6 Å². The van der Waals surface area contributed by atoms with Gasteiger partial charge in [-0.15, -0.1) is 0 Å². The SMILES string of the molecule is O=C(NC(CN1CCOCC1)c1ccccc1)c1ccc(COc2ccc(F)cc2)o1. The summed E-state index contributed by atoms with van der Waals surface area (Å²) in [7, 11) is 0. The quantitative estimate of drug-likeness (QED) is 0.596. The summed E-state index contributed by atoms with van der Waals surface area (Å²) < 4.78 is 29.7. The van der Waals surface area contributed by atoms with Crippen LogP contribution in [-0.4, -0.2) is 43.7 Å². The van der Waals surface area contributed by atoms with Crippen LogP contribution >= 0.6 is 0 Å². The third-order valence-electron chi connectivity index (χ3n) is 5.13. The number of nitrogens with one attached hydrogen (secondary N) is 1. The molecule has 1 aliphatic heterocycles. The smallest absolute Gasteiger partial charge is 0.287 e. The molecule has 0 radical (unpaired) electrons. The molecular weight excluding hydrogens is 399 g/mol. The number of morpholine rings is 1. The number of halogens is 1. The van der Waals surface area contributed by atoms with Crippen molar-refractivity contribution in [2.75, 3.05) is 32.8 Å². The Morgan fingerprint density at radius 3 is 2.52 bits per heavy atom. The zero-order valence-corrected chi connectivity index (χ0v) is 17.1. The van der Waals surface area contributed by atoms with Crippen LogP contribution in [0.25, 0.3) is 0 Å². The molecule has 3 aromatic rings. The van der Waals surface area contributed by atoms with Gasteiger partial charge in [0.1, 0.15) is 23.9 Å². The van der Waals surface area contributed by atoms with Gasteiger partial charge in [0, 0.05) is 19.6 Å². The zero-order valence-electron chi connectivity index (χ0n) is 17.1. The van der Waals surface area contributed by atoms with Gasteiger partial charge in [-0.3, -0.25) is 9.69 Å². The van der Waals surface area contributed by atoms with Crippen molar-refractivity contribution in [1.82, 2.24) is 10.2 Å². The zero-order chi connectivity index (χ0) is 21.5. The summed E-state index contributed by atoms with van der Waals surface area (Å²) in [6.07, 6.45) is 0. The van der Waals surface area contributed by atoms with E-state index in [9.17, 15) is 9.18 Å². The molecule has 2 heterocycles. The Balaban J connectivity index is 1.39. The van der Waals surface area contributed by atoms with E-state index in [2.05, 4.69) is 10.2 Å². The van der Waals surface area contributed by atoms with Crippen molar-refractivity contribution in [2.24, 2.45) is 0 Å². The van der Waals surface area contributed by atoms with Crippen LogP contribution in [0.4, 0.5) is 4.39 Å². The van der Waals surface area contributed by atoms with Gasteiger partial charge >= 0.3 is 0 Å². The molecule has 0 saturated carbocycles. The van der Waals surface area contributed by atoms with E-state index in [0.29, 0.717) is 31.3 Å². The maximum absolute atomic E-state index is 13.0. The number of rotatable bonds is 8. The van der Waals surface area contributed by atoms with Crippen LogP contribution < -0.4 is 10.1 Å². The largest absolute Gasteiger partial charge is 0.486 e. The van der Waals surface area contributed by atoms with Crippen LogP contribution in [-0.2, 0) is 11.3 Å². The second-order valence-corrected chi connectivity index (χ2v) is 7.36.